The molecule has 1 fully saturated rings. The van der Waals surface area contributed by atoms with E-state index in [0.29, 0.717) is 6.10 Å². The lowest BCUT2D eigenvalue weighted by Crippen LogP contribution is -2.35. The van der Waals surface area contributed by atoms with Gasteiger partial charge >= 0.3 is 0 Å². The van der Waals surface area contributed by atoms with E-state index in [1.54, 1.807) is 0 Å². The van der Waals surface area contributed by atoms with Gasteiger partial charge in [0.15, 0.2) is 0 Å². The van der Waals surface area contributed by atoms with Gasteiger partial charge in [0.25, 0.3) is 0 Å². The minimum Gasteiger partial charge on any atom is -0.381 e. The van der Waals surface area contributed by atoms with Gasteiger partial charge in [-0.3, -0.25) is 0 Å². The molecule has 2 nitrogen and oxygen atoms in total. The molecule has 0 aromatic carbocycles. The lowest BCUT2D eigenvalue weighted by molar-refractivity contribution is 0.0626. The van der Waals surface area contributed by atoms with Crippen LogP contribution in [0.15, 0.2) is 0 Å². The van der Waals surface area contributed by atoms with Crippen molar-refractivity contribution in [2.24, 2.45) is 0 Å². The number of thioether (sulfide) groups is 1. The highest BCUT2D eigenvalue weighted by Crippen LogP contribution is 2.20. The van der Waals surface area contributed by atoms with Crippen LogP contribution in [0.25, 0.3) is 0 Å². The molecule has 0 heterocycles. The van der Waals surface area contributed by atoms with Crippen LogP contribution in [0.4, 0.5) is 0 Å². The van der Waals surface area contributed by atoms with Crippen LogP contribution in [0.1, 0.15) is 32.1 Å². The molecular formula is C11H23NOS. The summed E-state index contributed by atoms with van der Waals surface area (Å²) in [5.41, 5.74) is 0. The standard InChI is InChI=1S/C11H23NOS/c1-13-11-6-4-10(5-7-11)12-8-3-9-14-2/h10-12H,3-9H2,1-2H3. The van der Waals surface area contributed by atoms with Crippen molar-refractivity contribution in [2.75, 3.05) is 25.7 Å². The first-order chi connectivity index (χ1) is 6.86. The first-order valence-electron chi connectivity index (χ1n) is 5.62. The fourth-order valence-corrected chi connectivity index (χ4v) is 2.46. The second-order valence-corrected chi connectivity index (χ2v) is 5.00. The van der Waals surface area contributed by atoms with Crippen molar-refractivity contribution >= 4 is 11.8 Å². The minimum atomic E-state index is 0.527. The number of nitrogens with one attached hydrogen (secondary N) is 1. The summed E-state index contributed by atoms with van der Waals surface area (Å²) in [7, 11) is 1.83. The van der Waals surface area contributed by atoms with Crippen molar-refractivity contribution < 1.29 is 4.74 Å². The van der Waals surface area contributed by atoms with E-state index in [4.69, 9.17) is 4.74 Å². The van der Waals surface area contributed by atoms with Gasteiger partial charge in [-0.25, -0.2) is 0 Å². The van der Waals surface area contributed by atoms with Crippen LogP contribution in [0.3, 0.4) is 0 Å². The van der Waals surface area contributed by atoms with Gasteiger partial charge < -0.3 is 10.1 Å². The second-order valence-electron chi connectivity index (χ2n) is 4.01. The van der Waals surface area contributed by atoms with E-state index in [2.05, 4.69) is 11.6 Å². The van der Waals surface area contributed by atoms with E-state index in [1.165, 1.54) is 44.4 Å². The van der Waals surface area contributed by atoms with Crippen molar-refractivity contribution in [2.45, 2.75) is 44.2 Å². The van der Waals surface area contributed by atoms with Crippen LogP contribution >= 0.6 is 11.8 Å². The smallest absolute Gasteiger partial charge is 0.0572 e. The van der Waals surface area contributed by atoms with Crippen LogP contribution in [0.5, 0.6) is 0 Å². The van der Waals surface area contributed by atoms with E-state index in [-0.39, 0.29) is 0 Å². The van der Waals surface area contributed by atoms with Crippen LogP contribution < -0.4 is 5.32 Å². The Labute approximate surface area is 92.2 Å². The van der Waals surface area contributed by atoms with Gasteiger partial charge in [-0.1, -0.05) is 0 Å². The third kappa shape index (κ3) is 4.67. The number of hydrogen-bond acceptors (Lipinski definition) is 3. The Hall–Kier alpha value is 0.270. The third-order valence-corrected chi connectivity index (χ3v) is 3.66. The molecule has 14 heavy (non-hydrogen) atoms. The molecule has 1 rings (SSSR count). The SMILES string of the molecule is COC1CCC(NCCCSC)CC1. The summed E-state index contributed by atoms with van der Waals surface area (Å²) >= 11 is 1.93. The molecule has 0 radical (unpaired) electrons. The summed E-state index contributed by atoms with van der Waals surface area (Å²) in [5.74, 6) is 1.28. The van der Waals surface area contributed by atoms with Gasteiger partial charge in [-0.2, -0.15) is 11.8 Å². The maximum Gasteiger partial charge on any atom is 0.0572 e. The van der Waals surface area contributed by atoms with Crippen LogP contribution in [0.2, 0.25) is 0 Å². The summed E-state index contributed by atoms with van der Waals surface area (Å²) in [6.07, 6.45) is 9.04. The topological polar surface area (TPSA) is 21.3 Å². The lowest BCUT2D eigenvalue weighted by atomic mass is 9.93. The van der Waals surface area contributed by atoms with E-state index in [1.807, 2.05) is 18.9 Å². The van der Waals surface area contributed by atoms with Gasteiger partial charge in [-0.05, 0) is 50.7 Å². The summed E-state index contributed by atoms with van der Waals surface area (Å²) in [6.45, 7) is 1.18. The zero-order valence-electron chi connectivity index (χ0n) is 9.42. The average molecular weight is 217 g/mol. The van der Waals surface area contributed by atoms with E-state index in [0.717, 1.165) is 6.04 Å². The Bertz CT molecular complexity index is 135. The van der Waals surface area contributed by atoms with E-state index in [9.17, 15) is 0 Å². The number of hydrogen-bond donors (Lipinski definition) is 1. The highest BCUT2D eigenvalue weighted by atomic mass is 32.2. The van der Waals surface area contributed by atoms with Gasteiger partial charge in [0.05, 0.1) is 6.10 Å². The molecule has 0 atom stereocenters. The normalized spacial score (nSPS) is 27.9. The largest absolute Gasteiger partial charge is 0.381 e. The highest BCUT2D eigenvalue weighted by Gasteiger charge is 2.19. The van der Waals surface area contributed by atoms with E-state index < -0.39 is 0 Å². The molecule has 0 saturated heterocycles. The van der Waals surface area contributed by atoms with Crippen molar-refractivity contribution in [3.05, 3.63) is 0 Å². The molecule has 0 amide bonds. The zero-order valence-corrected chi connectivity index (χ0v) is 10.2. The molecular weight excluding hydrogens is 194 g/mol. The predicted molar refractivity (Wildman–Crippen MR) is 64.1 cm³/mol. The summed E-state index contributed by atoms with van der Waals surface area (Å²) in [4.78, 5) is 0. The number of rotatable bonds is 6. The van der Waals surface area contributed by atoms with Gasteiger partial charge in [0.1, 0.15) is 0 Å². The van der Waals surface area contributed by atoms with Crippen LogP contribution in [-0.2, 0) is 4.74 Å². The lowest BCUT2D eigenvalue weighted by Gasteiger charge is -2.28. The Morgan fingerprint density at radius 2 is 2.00 bits per heavy atom. The Balaban J connectivity index is 1.98. The molecule has 1 aliphatic carbocycles. The van der Waals surface area contributed by atoms with Crippen LogP contribution in [0, 0.1) is 0 Å². The van der Waals surface area contributed by atoms with Crippen molar-refractivity contribution in [1.82, 2.24) is 5.32 Å². The third-order valence-electron chi connectivity index (χ3n) is 2.97. The molecule has 3 heteroatoms. The summed E-state index contributed by atoms with van der Waals surface area (Å²) < 4.78 is 5.35. The molecule has 1 N–H and O–H groups in total. The van der Waals surface area contributed by atoms with Gasteiger partial charge in [-0.15, -0.1) is 0 Å². The maximum atomic E-state index is 5.35. The predicted octanol–water partition coefficient (Wildman–Crippen LogP) is 2.29. The van der Waals surface area contributed by atoms with Crippen molar-refractivity contribution in [3.63, 3.8) is 0 Å². The van der Waals surface area contributed by atoms with Crippen molar-refractivity contribution in [3.8, 4) is 0 Å². The van der Waals surface area contributed by atoms with Crippen molar-refractivity contribution in [1.29, 1.82) is 0 Å². The highest BCUT2D eigenvalue weighted by molar-refractivity contribution is 7.98. The molecule has 0 spiro atoms. The number of methoxy groups -OCH3 is 1. The fraction of sp³-hybridized carbons (Fsp3) is 1.00. The minimum absolute atomic E-state index is 0.527. The molecule has 1 aliphatic rings. The molecule has 0 aromatic rings. The molecule has 0 unspecified atom stereocenters. The number of ether oxygens (including phenoxy) is 1. The fourth-order valence-electron chi connectivity index (χ4n) is 2.03. The van der Waals surface area contributed by atoms with E-state index >= 15 is 0 Å². The van der Waals surface area contributed by atoms with Gasteiger partial charge in [0, 0.05) is 13.2 Å². The molecule has 0 aliphatic heterocycles. The maximum absolute atomic E-state index is 5.35. The Morgan fingerprint density at radius 1 is 1.29 bits per heavy atom. The van der Waals surface area contributed by atoms with Crippen LogP contribution in [-0.4, -0.2) is 37.8 Å². The van der Waals surface area contributed by atoms with Gasteiger partial charge in [0.2, 0.25) is 0 Å². The average Bonchev–Trinajstić information content (AvgIpc) is 2.25. The molecule has 84 valence electrons. The summed E-state index contributed by atoms with van der Waals surface area (Å²) in [6, 6.07) is 0.753. The second kappa shape index (κ2) is 7.55. The Morgan fingerprint density at radius 3 is 2.57 bits per heavy atom. The summed E-state index contributed by atoms with van der Waals surface area (Å²) in [5, 5.41) is 3.63. The Kier molecular flexibility index (Phi) is 6.65. The first kappa shape index (κ1) is 12.3. The quantitative estimate of drug-likeness (QED) is 0.690. The zero-order chi connectivity index (χ0) is 10.2. The monoisotopic (exact) mass is 217 g/mol. The molecule has 0 bridgehead atoms. The molecule has 1 saturated carbocycles. The first-order valence-corrected chi connectivity index (χ1v) is 7.01. The molecule has 0 aromatic heterocycles.